The molecule has 2 aromatic carbocycles. The van der Waals surface area contributed by atoms with Crippen molar-refractivity contribution in [3.8, 4) is 0 Å². The van der Waals surface area contributed by atoms with E-state index in [9.17, 15) is 9.59 Å². The number of carbonyl (C=O) groups excluding carboxylic acids is 2. The third-order valence-corrected chi connectivity index (χ3v) is 3.68. The smallest absolute Gasteiger partial charge is 0.239 e. The third kappa shape index (κ3) is 7.08. The van der Waals surface area contributed by atoms with Crippen LogP contribution in [-0.4, -0.2) is 24.9 Å². The van der Waals surface area contributed by atoms with Crippen molar-refractivity contribution >= 4 is 23.2 Å². The Bertz CT molecular complexity index is 669. The van der Waals surface area contributed by atoms with Gasteiger partial charge in [0.1, 0.15) is 0 Å². The first-order valence-electron chi connectivity index (χ1n) is 8.62. The summed E-state index contributed by atoms with van der Waals surface area (Å²) in [5.41, 5.74) is 2.81. The highest BCUT2D eigenvalue weighted by Gasteiger charge is 2.03. The molecule has 5 nitrogen and oxygen atoms in total. The van der Waals surface area contributed by atoms with Gasteiger partial charge in [-0.05, 0) is 42.7 Å². The number of hydrogen-bond donors (Lipinski definition) is 3. The van der Waals surface area contributed by atoms with Crippen LogP contribution in [0.2, 0.25) is 0 Å². The summed E-state index contributed by atoms with van der Waals surface area (Å²) in [5, 5.41) is 8.80. The number of hydrogen-bond acceptors (Lipinski definition) is 3. The minimum absolute atomic E-state index is 0.0148. The Balaban J connectivity index is 1.68. The molecule has 0 spiro atoms. The van der Waals surface area contributed by atoms with E-state index in [2.05, 4.69) is 16.0 Å². The van der Waals surface area contributed by atoms with Crippen molar-refractivity contribution in [3.05, 3.63) is 60.2 Å². The van der Waals surface area contributed by atoms with Gasteiger partial charge in [-0.25, -0.2) is 0 Å². The minimum atomic E-state index is -0.0451. The average molecular weight is 339 g/mol. The molecular formula is C20H25N3O2. The summed E-state index contributed by atoms with van der Waals surface area (Å²) in [6.07, 6.45) is 2.16. The van der Waals surface area contributed by atoms with Crippen LogP contribution in [0.1, 0.15) is 25.3 Å². The quantitative estimate of drug-likeness (QED) is 0.657. The lowest BCUT2D eigenvalue weighted by atomic mass is 10.1. The molecule has 0 aliphatic carbocycles. The van der Waals surface area contributed by atoms with E-state index in [0.717, 1.165) is 24.2 Å². The lowest BCUT2D eigenvalue weighted by Gasteiger charge is -2.09. The predicted molar refractivity (Wildman–Crippen MR) is 102 cm³/mol. The SMILES string of the molecule is CCCC(=O)Nc1ccc(NCC(=O)NCCc2ccccc2)cc1. The topological polar surface area (TPSA) is 70.2 Å². The van der Waals surface area contributed by atoms with Gasteiger partial charge in [0, 0.05) is 24.3 Å². The van der Waals surface area contributed by atoms with Crippen molar-refractivity contribution in [2.45, 2.75) is 26.2 Å². The van der Waals surface area contributed by atoms with Crippen LogP contribution in [0.25, 0.3) is 0 Å². The van der Waals surface area contributed by atoms with Gasteiger partial charge in [-0.3, -0.25) is 9.59 Å². The summed E-state index contributed by atoms with van der Waals surface area (Å²) in [6, 6.07) is 17.4. The Morgan fingerprint density at radius 2 is 1.56 bits per heavy atom. The van der Waals surface area contributed by atoms with E-state index in [1.165, 1.54) is 5.56 Å². The number of amides is 2. The van der Waals surface area contributed by atoms with E-state index in [0.29, 0.717) is 13.0 Å². The molecule has 2 aromatic rings. The number of carbonyl (C=O) groups is 2. The number of anilines is 2. The highest BCUT2D eigenvalue weighted by Crippen LogP contribution is 2.13. The van der Waals surface area contributed by atoms with Crippen molar-refractivity contribution in [2.75, 3.05) is 23.7 Å². The van der Waals surface area contributed by atoms with Crippen LogP contribution in [0, 0.1) is 0 Å². The molecular weight excluding hydrogens is 314 g/mol. The Labute approximate surface area is 148 Å². The lowest BCUT2D eigenvalue weighted by Crippen LogP contribution is -2.31. The summed E-state index contributed by atoms with van der Waals surface area (Å²) in [4.78, 5) is 23.4. The first-order valence-corrected chi connectivity index (χ1v) is 8.62. The van der Waals surface area contributed by atoms with E-state index in [4.69, 9.17) is 0 Å². The van der Waals surface area contributed by atoms with Crippen molar-refractivity contribution in [1.82, 2.24) is 5.32 Å². The predicted octanol–water partition coefficient (Wildman–Crippen LogP) is 3.20. The van der Waals surface area contributed by atoms with Gasteiger partial charge >= 0.3 is 0 Å². The van der Waals surface area contributed by atoms with Gasteiger partial charge < -0.3 is 16.0 Å². The fourth-order valence-corrected chi connectivity index (χ4v) is 2.36. The molecule has 0 aliphatic rings. The van der Waals surface area contributed by atoms with Gasteiger partial charge in [-0.1, -0.05) is 37.3 Å². The molecule has 0 atom stereocenters. The van der Waals surface area contributed by atoms with Gasteiger partial charge in [-0.2, -0.15) is 0 Å². The van der Waals surface area contributed by atoms with Crippen LogP contribution in [0.5, 0.6) is 0 Å². The molecule has 5 heteroatoms. The summed E-state index contributed by atoms with van der Waals surface area (Å²) in [6.45, 7) is 2.81. The molecule has 0 fully saturated rings. The van der Waals surface area contributed by atoms with Crippen LogP contribution in [0.4, 0.5) is 11.4 Å². The van der Waals surface area contributed by atoms with Gasteiger partial charge in [0.2, 0.25) is 11.8 Å². The van der Waals surface area contributed by atoms with E-state index in [1.807, 2.05) is 61.5 Å². The molecule has 0 bridgehead atoms. The fraction of sp³-hybridized carbons (Fsp3) is 0.300. The van der Waals surface area contributed by atoms with Crippen LogP contribution in [0.15, 0.2) is 54.6 Å². The van der Waals surface area contributed by atoms with Crippen LogP contribution < -0.4 is 16.0 Å². The first-order chi connectivity index (χ1) is 12.2. The zero-order valence-electron chi connectivity index (χ0n) is 14.5. The summed E-state index contributed by atoms with van der Waals surface area (Å²) in [7, 11) is 0. The monoisotopic (exact) mass is 339 g/mol. The molecule has 0 saturated carbocycles. The van der Waals surface area contributed by atoms with E-state index >= 15 is 0 Å². The fourth-order valence-electron chi connectivity index (χ4n) is 2.36. The Hall–Kier alpha value is -2.82. The third-order valence-electron chi connectivity index (χ3n) is 3.68. The van der Waals surface area contributed by atoms with Crippen LogP contribution in [-0.2, 0) is 16.0 Å². The van der Waals surface area contributed by atoms with E-state index < -0.39 is 0 Å². The van der Waals surface area contributed by atoms with Gasteiger partial charge in [-0.15, -0.1) is 0 Å². The highest BCUT2D eigenvalue weighted by atomic mass is 16.2. The van der Waals surface area contributed by atoms with Crippen LogP contribution >= 0.6 is 0 Å². The molecule has 132 valence electrons. The van der Waals surface area contributed by atoms with E-state index in [-0.39, 0.29) is 18.4 Å². The second-order valence-electron chi connectivity index (χ2n) is 5.81. The highest BCUT2D eigenvalue weighted by molar-refractivity contribution is 5.90. The largest absolute Gasteiger partial charge is 0.376 e. The molecule has 2 rings (SSSR count). The standard InChI is InChI=1S/C20H25N3O2/c1-2-6-19(24)23-18-11-9-17(10-12-18)22-15-20(25)21-14-13-16-7-4-3-5-8-16/h3-5,7-12,22H,2,6,13-15H2,1H3,(H,21,25)(H,23,24). The molecule has 0 saturated heterocycles. The van der Waals surface area contributed by atoms with E-state index in [1.54, 1.807) is 0 Å². The molecule has 0 radical (unpaired) electrons. The Morgan fingerprint density at radius 3 is 2.24 bits per heavy atom. The average Bonchev–Trinajstić information content (AvgIpc) is 2.62. The summed E-state index contributed by atoms with van der Waals surface area (Å²) < 4.78 is 0. The second-order valence-corrected chi connectivity index (χ2v) is 5.81. The molecule has 25 heavy (non-hydrogen) atoms. The molecule has 0 heterocycles. The molecule has 3 N–H and O–H groups in total. The minimum Gasteiger partial charge on any atom is -0.376 e. The molecule has 2 amide bonds. The maximum absolute atomic E-state index is 11.9. The van der Waals surface area contributed by atoms with Gasteiger partial charge in [0.15, 0.2) is 0 Å². The maximum Gasteiger partial charge on any atom is 0.239 e. The maximum atomic E-state index is 11.9. The lowest BCUT2D eigenvalue weighted by molar-refractivity contribution is -0.119. The number of nitrogens with one attached hydrogen (secondary N) is 3. The zero-order chi connectivity index (χ0) is 17.9. The van der Waals surface area contributed by atoms with Crippen molar-refractivity contribution in [2.24, 2.45) is 0 Å². The first kappa shape index (κ1) is 18.5. The number of rotatable bonds is 9. The number of benzene rings is 2. The van der Waals surface area contributed by atoms with Crippen molar-refractivity contribution in [1.29, 1.82) is 0 Å². The van der Waals surface area contributed by atoms with Gasteiger partial charge in [0.25, 0.3) is 0 Å². The Morgan fingerprint density at radius 1 is 0.880 bits per heavy atom. The van der Waals surface area contributed by atoms with Crippen LogP contribution in [0.3, 0.4) is 0 Å². The van der Waals surface area contributed by atoms with Crippen molar-refractivity contribution < 1.29 is 9.59 Å². The summed E-state index contributed by atoms with van der Waals surface area (Å²) in [5.74, 6) is -0.0303. The normalized spacial score (nSPS) is 10.1. The second kappa shape index (κ2) is 10.1. The molecule has 0 aliphatic heterocycles. The van der Waals surface area contributed by atoms with Gasteiger partial charge in [0.05, 0.1) is 6.54 Å². The summed E-state index contributed by atoms with van der Waals surface area (Å²) >= 11 is 0. The Kier molecular flexibility index (Phi) is 7.50. The zero-order valence-corrected chi connectivity index (χ0v) is 14.5. The van der Waals surface area contributed by atoms with Crippen molar-refractivity contribution in [3.63, 3.8) is 0 Å². The molecule has 0 unspecified atom stereocenters. The molecule has 0 aromatic heterocycles.